The molecule has 0 aromatic heterocycles. The van der Waals surface area contributed by atoms with Gasteiger partial charge in [-0.25, -0.2) is 4.99 Å². The Bertz CT molecular complexity index is 546. The molecule has 0 atom stereocenters. The minimum Gasteiger partial charge on any atom is -0.492 e. The van der Waals surface area contributed by atoms with Crippen molar-refractivity contribution in [3.63, 3.8) is 0 Å². The number of aliphatic imine (C=N–C) groups is 1. The Kier molecular flexibility index (Phi) is 7.62. The third-order valence-corrected chi connectivity index (χ3v) is 3.87. The largest absolute Gasteiger partial charge is 0.492 e. The molecular formula is C19H30N4O. The third-order valence-electron chi connectivity index (χ3n) is 3.87. The second-order valence-corrected chi connectivity index (χ2v) is 6.24. The zero-order valence-electron chi connectivity index (χ0n) is 15.1. The molecule has 0 fully saturated rings. The van der Waals surface area contributed by atoms with Gasteiger partial charge >= 0.3 is 0 Å². The molecule has 0 amide bonds. The van der Waals surface area contributed by atoms with Gasteiger partial charge in [-0.3, -0.25) is 0 Å². The summed E-state index contributed by atoms with van der Waals surface area (Å²) in [5, 5.41) is 6.81. The number of para-hydroxylation sites is 1. The van der Waals surface area contributed by atoms with Crippen LogP contribution in [-0.2, 0) is 6.54 Å². The van der Waals surface area contributed by atoms with Crippen LogP contribution in [0.5, 0.6) is 5.75 Å². The Labute approximate surface area is 145 Å². The highest BCUT2D eigenvalue weighted by Crippen LogP contribution is 2.19. The van der Waals surface area contributed by atoms with E-state index in [-0.39, 0.29) is 0 Å². The van der Waals surface area contributed by atoms with E-state index in [4.69, 9.17) is 9.73 Å². The van der Waals surface area contributed by atoms with Crippen molar-refractivity contribution >= 4 is 5.96 Å². The number of benzene rings is 1. The van der Waals surface area contributed by atoms with Crippen molar-refractivity contribution in [1.82, 2.24) is 15.5 Å². The van der Waals surface area contributed by atoms with Gasteiger partial charge in [-0.1, -0.05) is 30.4 Å². The zero-order chi connectivity index (χ0) is 17.2. The average Bonchev–Trinajstić information content (AvgIpc) is 3.06. The normalized spacial score (nSPS) is 15.1. The number of nitrogens with zero attached hydrogens (tertiary/aromatic N) is 2. The first-order valence-corrected chi connectivity index (χ1v) is 8.74. The molecule has 1 aromatic rings. The smallest absolute Gasteiger partial charge is 0.191 e. The van der Waals surface area contributed by atoms with E-state index >= 15 is 0 Å². The van der Waals surface area contributed by atoms with E-state index in [1.807, 2.05) is 32.3 Å². The van der Waals surface area contributed by atoms with Crippen LogP contribution in [-0.4, -0.2) is 50.7 Å². The number of hydrogen-bond donors (Lipinski definition) is 2. The highest BCUT2D eigenvalue weighted by atomic mass is 16.5. The van der Waals surface area contributed by atoms with Crippen LogP contribution in [0.3, 0.4) is 0 Å². The van der Waals surface area contributed by atoms with Crippen LogP contribution in [0.1, 0.15) is 25.3 Å². The van der Waals surface area contributed by atoms with Crippen LogP contribution in [0, 0.1) is 0 Å². The molecule has 0 spiro atoms. The van der Waals surface area contributed by atoms with Crippen molar-refractivity contribution in [3.05, 3.63) is 42.0 Å². The molecule has 0 unspecified atom stereocenters. The van der Waals surface area contributed by atoms with Crippen molar-refractivity contribution in [2.24, 2.45) is 4.99 Å². The summed E-state index contributed by atoms with van der Waals surface area (Å²) in [7, 11) is 4.09. The van der Waals surface area contributed by atoms with Gasteiger partial charge in [0, 0.05) is 24.7 Å². The summed E-state index contributed by atoms with van der Waals surface area (Å²) in [5.74, 6) is 1.79. The highest BCUT2D eigenvalue weighted by molar-refractivity contribution is 5.80. The summed E-state index contributed by atoms with van der Waals surface area (Å²) in [6, 6.07) is 8.59. The number of hydrogen-bond acceptors (Lipinski definition) is 3. The van der Waals surface area contributed by atoms with Crippen LogP contribution in [0.25, 0.3) is 0 Å². The van der Waals surface area contributed by atoms with E-state index < -0.39 is 0 Å². The summed E-state index contributed by atoms with van der Waals surface area (Å²) in [4.78, 5) is 6.84. The second kappa shape index (κ2) is 9.98. The van der Waals surface area contributed by atoms with Crippen LogP contribution in [0.4, 0.5) is 0 Å². The van der Waals surface area contributed by atoms with E-state index in [2.05, 4.69) is 40.7 Å². The summed E-state index contributed by atoms with van der Waals surface area (Å²) in [5.41, 5.74) is 1.11. The molecule has 0 aliphatic heterocycles. The Morgan fingerprint density at radius 2 is 2.00 bits per heavy atom. The predicted octanol–water partition coefficient (Wildman–Crippen LogP) is 2.40. The highest BCUT2D eigenvalue weighted by Gasteiger charge is 2.11. The van der Waals surface area contributed by atoms with Crippen molar-refractivity contribution in [2.45, 2.75) is 32.4 Å². The van der Waals surface area contributed by atoms with Gasteiger partial charge in [0.15, 0.2) is 5.96 Å². The minimum atomic E-state index is 0.453. The fraction of sp³-hybridized carbons (Fsp3) is 0.526. The second-order valence-electron chi connectivity index (χ2n) is 6.24. The van der Waals surface area contributed by atoms with E-state index in [0.717, 1.165) is 43.2 Å². The first kappa shape index (κ1) is 18.3. The van der Waals surface area contributed by atoms with E-state index in [1.54, 1.807) is 0 Å². The Balaban J connectivity index is 1.96. The summed E-state index contributed by atoms with van der Waals surface area (Å²) in [6.45, 7) is 5.12. The molecule has 2 N–H and O–H groups in total. The Morgan fingerprint density at radius 3 is 2.71 bits per heavy atom. The molecule has 2 rings (SSSR count). The monoisotopic (exact) mass is 330 g/mol. The van der Waals surface area contributed by atoms with Crippen LogP contribution < -0.4 is 15.4 Å². The van der Waals surface area contributed by atoms with Gasteiger partial charge in [-0.05, 0) is 39.9 Å². The van der Waals surface area contributed by atoms with Gasteiger partial charge in [0.05, 0.1) is 6.54 Å². The molecule has 0 bridgehead atoms. The molecule has 5 heteroatoms. The molecule has 1 aliphatic carbocycles. The Morgan fingerprint density at radius 1 is 1.25 bits per heavy atom. The SMILES string of the molecule is CCNC(=NCc1ccccc1OCCN(C)C)NC1CC=CC1. The van der Waals surface area contributed by atoms with Crippen molar-refractivity contribution < 1.29 is 4.74 Å². The molecule has 0 saturated carbocycles. The summed E-state index contributed by atoms with van der Waals surface area (Å²) < 4.78 is 5.91. The number of rotatable bonds is 8. The number of nitrogens with one attached hydrogen (secondary N) is 2. The van der Waals surface area contributed by atoms with Crippen molar-refractivity contribution in [1.29, 1.82) is 0 Å². The first-order valence-electron chi connectivity index (χ1n) is 8.74. The van der Waals surface area contributed by atoms with Crippen LogP contribution in [0.15, 0.2) is 41.4 Å². The maximum Gasteiger partial charge on any atom is 0.191 e. The molecule has 0 saturated heterocycles. The fourth-order valence-corrected chi connectivity index (χ4v) is 2.53. The van der Waals surface area contributed by atoms with Gasteiger partial charge in [-0.2, -0.15) is 0 Å². The standard InChI is InChI=1S/C19H30N4O/c1-4-20-19(22-17-10-6-7-11-17)21-15-16-9-5-8-12-18(16)24-14-13-23(2)3/h5-9,12,17H,4,10-11,13-15H2,1-3H3,(H2,20,21,22). The number of ether oxygens (including phenoxy) is 1. The number of guanidine groups is 1. The predicted molar refractivity (Wildman–Crippen MR) is 101 cm³/mol. The number of likely N-dealkylation sites (N-methyl/N-ethyl adjacent to an activating group) is 1. The molecule has 1 aromatic carbocycles. The lowest BCUT2D eigenvalue weighted by Crippen LogP contribution is -2.42. The lowest BCUT2D eigenvalue weighted by molar-refractivity contribution is 0.259. The molecule has 0 radical (unpaired) electrons. The van der Waals surface area contributed by atoms with E-state index in [1.165, 1.54) is 0 Å². The quantitative estimate of drug-likeness (QED) is 0.437. The van der Waals surface area contributed by atoms with E-state index in [9.17, 15) is 0 Å². The lowest BCUT2D eigenvalue weighted by Gasteiger charge is -2.17. The maximum absolute atomic E-state index is 5.91. The zero-order valence-corrected chi connectivity index (χ0v) is 15.1. The van der Waals surface area contributed by atoms with E-state index in [0.29, 0.717) is 19.2 Å². The van der Waals surface area contributed by atoms with Gasteiger partial charge < -0.3 is 20.3 Å². The fourth-order valence-electron chi connectivity index (χ4n) is 2.53. The summed E-state index contributed by atoms with van der Waals surface area (Å²) >= 11 is 0. The maximum atomic E-state index is 5.91. The van der Waals surface area contributed by atoms with Gasteiger partial charge in [0.25, 0.3) is 0 Å². The Hall–Kier alpha value is -2.01. The van der Waals surface area contributed by atoms with Crippen molar-refractivity contribution in [3.8, 4) is 5.75 Å². The summed E-state index contributed by atoms with van der Waals surface area (Å²) in [6.07, 6.45) is 6.56. The van der Waals surface area contributed by atoms with Crippen LogP contribution >= 0.6 is 0 Å². The van der Waals surface area contributed by atoms with Crippen LogP contribution in [0.2, 0.25) is 0 Å². The molecular weight excluding hydrogens is 300 g/mol. The molecule has 0 heterocycles. The minimum absolute atomic E-state index is 0.453. The molecule has 24 heavy (non-hydrogen) atoms. The van der Waals surface area contributed by atoms with Gasteiger partial charge in [0.2, 0.25) is 0 Å². The third kappa shape index (κ3) is 6.24. The lowest BCUT2D eigenvalue weighted by atomic mass is 10.2. The van der Waals surface area contributed by atoms with Gasteiger partial charge in [0.1, 0.15) is 12.4 Å². The average molecular weight is 330 g/mol. The first-order chi connectivity index (χ1) is 11.7. The topological polar surface area (TPSA) is 48.9 Å². The molecule has 132 valence electrons. The molecule has 5 nitrogen and oxygen atoms in total. The van der Waals surface area contributed by atoms with Gasteiger partial charge in [-0.15, -0.1) is 0 Å². The van der Waals surface area contributed by atoms with Crippen molar-refractivity contribution in [2.75, 3.05) is 33.8 Å². The molecule has 1 aliphatic rings.